The van der Waals surface area contributed by atoms with Crippen LogP contribution < -0.4 is 0 Å². The molecule has 26 heavy (non-hydrogen) atoms. The first-order valence-corrected chi connectivity index (χ1v) is 9.69. The lowest BCUT2D eigenvalue weighted by Gasteiger charge is -2.26. The molecule has 0 bridgehead atoms. The van der Waals surface area contributed by atoms with E-state index in [0.717, 1.165) is 31.5 Å². The van der Waals surface area contributed by atoms with Crippen molar-refractivity contribution in [3.63, 3.8) is 0 Å². The molecule has 0 unspecified atom stereocenters. The maximum atomic E-state index is 12.7. The topological polar surface area (TPSA) is 73.7 Å². The second kappa shape index (κ2) is 6.99. The van der Waals surface area contributed by atoms with E-state index in [9.17, 15) is 14.7 Å². The van der Waals surface area contributed by atoms with Gasteiger partial charge < -0.3 is 10.0 Å². The fourth-order valence-electron chi connectivity index (χ4n) is 5.12. The van der Waals surface area contributed by atoms with Crippen LogP contribution in [0.5, 0.6) is 0 Å². The van der Waals surface area contributed by atoms with Crippen LogP contribution in [0.15, 0.2) is 24.5 Å². The quantitative estimate of drug-likeness (QED) is 0.873. The van der Waals surface area contributed by atoms with Crippen molar-refractivity contribution in [2.24, 2.45) is 17.3 Å². The molecule has 1 aromatic rings. The molecule has 0 spiro atoms. The number of nitrogens with zero attached hydrogens (tertiary/aromatic N) is 3. The first kappa shape index (κ1) is 17.5. The highest BCUT2D eigenvalue weighted by atomic mass is 16.4. The summed E-state index contributed by atoms with van der Waals surface area (Å²) in [4.78, 5) is 32.9. The van der Waals surface area contributed by atoms with Gasteiger partial charge in [0.15, 0.2) is 0 Å². The Morgan fingerprint density at radius 3 is 2.54 bits per heavy atom. The largest absolute Gasteiger partial charge is 0.481 e. The number of carboxylic acid groups (broad SMARTS) is 1. The third kappa shape index (κ3) is 3.22. The van der Waals surface area contributed by atoms with Crippen molar-refractivity contribution >= 4 is 11.9 Å². The standard InChI is InChI=1S/C20H27N3O3/c24-18(9-15-3-1-2-4-15)23-12-17-11-22(10-16-5-7-21-8-6-16)13-20(17,14-23)19(25)26/h5-8,15,17H,1-4,9-14H2,(H,25,26)/t17-,20-/m1/s1. The van der Waals surface area contributed by atoms with Gasteiger partial charge in [0.25, 0.3) is 0 Å². The molecule has 1 amide bonds. The first-order chi connectivity index (χ1) is 12.6. The number of aliphatic carboxylic acids is 1. The molecule has 1 aliphatic carbocycles. The van der Waals surface area contributed by atoms with E-state index >= 15 is 0 Å². The van der Waals surface area contributed by atoms with E-state index in [-0.39, 0.29) is 11.8 Å². The van der Waals surface area contributed by atoms with E-state index in [0.29, 0.717) is 32.0 Å². The minimum atomic E-state index is -0.807. The number of carbonyl (C=O) groups is 2. The van der Waals surface area contributed by atoms with E-state index in [4.69, 9.17) is 0 Å². The molecule has 140 valence electrons. The zero-order valence-electron chi connectivity index (χ0n) is 15.1. The van der Waals surface area contributed by atoms with Crippen LogP contribution in [0, 0.1) is 17.3 Å². The molecule has 3 heterocycles. The Balaban J connectivity index is 1.41. The Bertz CT molecular complexity index is 674. The maximum Gasteiger partial charge on any atom is 0.313 e. The van der Waals surface area contributed by atoms with Crippen LogP contribution in [0.2, 0.25) is 0 Å². The SMILES string of the molecule is O=C(CC1CCCC1)N1C[C@H]2CN(Cc3ccncc3)C[C@@]2(C(=O)O)C1. The van der Waals surface area contributed by atoms with Crippen LogP contribution in [-0.4, -0.2) is 57.9 Å². The van der Waals surface area contributed by atoms with Crippen LogP contribution in [0.1, 0.15) is 37.7 Å². The molecule has 4 rings (SSSR count). The fraction of sp³-hybridized carbons (Fsp3) is 0.650. The molecule has 0 radical (unpaired) electrons. The number of hydrogen-bond donors (Lipinski definition) is 1. The number of carbonyl (C=O) groups excluding carboxylic acids is 1. The van der Waals surface area contributed by atoms with Crippen molar-refractivity contribution in [2.75, 3.05) is 26.2 Å². The maximum absolute atomic E-state index is 12.7. The molecular weight excluding hydrogens is 330 g/mol. The molecule has 2 atom stereocenters. The van der Waals surface area contributed by atoms with Gasteiger partial charge in [-0.1, -0.05) is 12.8 Å². The number of fused-ring (bicyclic) bond motifs is 1. The smallest absolute Gasteiger partial charge is 0.313 e. The molecule has 0 aromatic carbocycles. The van der Waals surface area contributed by atoms with Crippen LogP contribution in [0.25, 0.3) is 0 Å². The molecule has 1 aromatic heterocycles. The number of carboxylic acids is 1. The average Bonchev–Trinajstić information content (AvgIpc) is 3.30. The molecule has 2 saturated heterocycles. The minimum Gasteiger partial charge on any atom is -0.481 e. The van der Waals surface area contributed by atoms with Crippen LogP contribution in [-0.2, 0) is 16.1 Å². The Labute approximate surface area is 154 Å². The van der Waals surface area contributed by atoms with Gasteiger partial charge in [0, 0.05) is 57.5 Å². The lowest BCUT2D eigenvalue weighted by molar-refractivity contribution is -0.149. The predicted molar refractivity (Wildman–Crippen MR) is 96.2 cm³/mol. The van der Waals surface area contributed by atoms with Gasteiger partial charge in [0.1, 0.15) is 5.41 Å². The lowest BCUT2D eigenvalue weighted by Crippen LogP contribution is -2.42. The second-order valence-corrected chi connectivity index (χ2v) is 8.31. The van der Waals surface area contributed by atoms with Crippen LogP contribution >= 0.6 is 0 Å². The number of hydrogen-bond acceptors (Lipinski definition) is 4. The summed E-state index contributed by atoms with van der Waals surface area (Å²) < 4.78 is 0. The highest BCUT2D eigenvalue weighted by Crippen LogP contribution is 2.44. The highest BCUT2D eigenvalue weighted by Gasteiger charge is 2.58. The van der Waals surface area contributed by atoms with E-state index < -0.39 is 11.4 Å². The number of rotatable bonds is 5. The molecule has 1 N–H and O–H groups in total. The summed E-state index contributed by atoms with van der Waals surface area (Å²) >= 11 is 0. The average molecular weight is 357 g/mol. The summed E-state index contributed by atoms with van der Waals surface area (Å²) in [6.07, 6.45) is 8.88. The van der Waals surface area contributed by atoms with E-state index in [1.165, 1.54) is 12.8 Å². The summed E-state index contributed by atoms with van der Waals surface area (Å²) in [6.45, 7) is 2.95. The van der Waals surface area contributed by atoms with Crippen molar-refractivity contribution in [2.45, 2.75) is 38.6 Å². The van der Waals surface area contributed by atoms with Crippen molar-refractivity contribution in [1.82, 2.24) is 14.8 Å². The Kier molecular flexibility index (Phi) is 4.69. The Morgan fingerprint density at radius 1 is 1.15 bits per heavy atom. The Hall–Kier alpha value is -1.95. The zero-order valence-corrected chi connectivity index (χ0v) is 15.1. The molecule has 1 saturated carbocycles. The normalized spacial score (nSPS) is 29.2. The van der Waals surface area contributed by atoms with Crippen molar-refractivity contribution in [3.05, 3.63) is 30.1 Å². The molecule has 3 aliphatic rings. The van der Waals surface area contributed by atoms with E-state index in [1.807, 2.05) is 17.0 Å². The molecule has 6 heteroatoms. The van der Waals surface area contributed by atoms with Gasteiger partial charge in [0.2, 0.25) is 5.91 Å². The fourth-order valence-corrected chi connectivity index (χ4v) is 5.12. The lowest BCUT2D eigenvalue weighted by atomic mass is 9.81. The van der Waals surface area contributed by atoms with Gasteiger partial charge in [0.05, 0.1) is 0 Å². The van der Waals surface area contributed by atoms with Gasteiger partial charge in [-0.15, -0.1) is 0 Å². The summed E-state index contributed by atoms with van der Waals surface area (Å²) in [6, 6.07) is 3.94. The minimum absolute atomic E-state index is 0.0226. The number of pyridine rings is 1. The molecule has 6 nitrogen and oxygen atoms in total. The summed E-state index contributed by atoms with van der Waals surface area (Å²) in [5.74, 6) is -0.0650. The first-order valence-electron chi connectivity index (χ1n) is 9.69. The monoisotopic (exact) mass is 357 g/mol. The van der Waals surface area contributed by atoms with Gasteiger partial charge in [-0.05, 0) is 36.5 Å². The van der Waals surface area contributed by atoms with Gasteiger partial charge in [-0.3, -0.25) is 19.5 Å². The van der Waals surface area contributed by atoms with Gasteiger partial charge in [-0.2, -0.15) is 0 Å². The van der Waals surface area contributed by atoms with Crippen LogP contribution in [0.3, 0.4) is 0 Å². The summed E-state index contributed by atoms with van der Waals surface area (Å²) in [5, 5.41) is 9.97. The number of aromatic nitrogens is 1. The third-order valence-electron chi connectivity index (χ3n) is 6.55. The second-order valence-electron chi connectivity index (χ2n) is 8.31. The van der Waals surface area contributed by atoms with E-state index in [1.54, 1.807) is 12.4 Å². The van der Waals surface area contributed by atoms with Crippen LogP contribution in [0.4, 0.5) is 0 Å². The number of amides is 1. The zero-order chi connectivity index (χ0) is 18.1. The van der Waals surface area contributed by atoms with Crippen molar-refractivity contribution in [3.8, 4) is 0 Å². The van der Waals surface area contributed by atoms with Crippen molar-refractivity contribution in [1.29, 1.82) is 0 Å². The Morgan fingerprint density at radius 2 is 1.88 bits per heavy atom. The summed E-state index contributed by atoms with van der Waals surface area (Å²) in [7, 11) is 0. The van der Waals surface area contributed by atoms with Gasteiger partial charge in [-0.25, -0.2) is 0 Å². The van der Waals surface area contributed by atoms with Gasteiger partial charge >= 0.3 is 5.97 Å². The molecule has 3 fully saturated rings. The van der Waals surface area contributed by atoms with E-state index in [2.05, 4.69) is 9.88 Å². The number of likely N-dealkylation sites (tertiary alicyclic amines) is 2. The molecule has 2 aliphatic heterocycles. The predicted octanol–water partition coefficient (Wildman–Crippen LogP) is 2.01. The summed E-state index contributed by atoms with van der Waals surface area (Å²) in [5.41, 5.74) is 0.341. The third-order valence-corrected chi connectivity index (χ3v) is 6.55. The highest BCUT2D eigenvalue weighted by molar-refractivity contribution is 5.82. The van der Waals surface area contributed by atoms with Crippen molar-refractivity contribution < 1.29 is 14.7 Å². The molecular formula is C20H27N3O3.